The minimum absolute atomic E-state index is 0.166. The standard InChI is InChI=1S/C23H21ClN6O2/c1-15-4-3-7-30-21(15)27-22(19(23(30)32)12-16(14-25)20(26)31)29-10-8-28(9-11-29)18-6-2-5-17(24)13-18/h2-7,12-13H,8-11H2,1H3,(H2,26,31)/b16-12+. The molecule has 1 fully saturated rings. The molecule has 2 aromatic heterocycles. The van der Waals surface area contributed by atoms with E-state index < -0.39 is 5.91 Å². The first-order valence-corrected chi connectivity index (χ1v) is 10.5. The molecule has 0 radical (unpaired) electrons. The number of rotatable bonds is 4. The average molecular weight is 449 g/mol. The molecule has 1 aliphatic rings. The van der Waals surface area contributed by atoms with Crippen LogP contribution < -0.4 is 21.1 Å². The molecule has 1 aliphatic heterocycles. The van der Waals surface area contributed by atoms with E-state index in [4.69, 9.17) is 22.3 Å². The number of fused-ring (bicyclic) bond motifs is 1. The van der Waals surface area contributed by atoms with Gasteiger partial charge in [0.05, 0.1) is 5.56 Å². The van der Waals surface area contributed by atoms with Crippen LogP contribution in [0.15, 0.2) is 53.0 Å². The Morgan fingerprint density at radius 2 is 1.91 bits per heavy atom. The molecule has 162 valence electrons. The maximum atomic E-state index is 13.3. The van der Waals surface area contributed by atoms with Crippen LogP contribution >= 0.6 is 11.6 Å². The second-order valence-electron chi connectivity index (χ2n) is 7.53. The molecule has 3 heterocycles. The lowest BCUT2D eigenvalue weighted by Crippen LogP contribution is -2.47. The predicted molar refractivity (Wildman–Crippen MR) is 125 cm³/mol. The first-order valence-electron chi connectivity index (χ1n) is 10.1. The molecule has 0 spiro atoms. The van der Waals surface area contributed by atoms with Gasteiger partial charge in [0.15, 0.2) is 0 Å². The number of primary amides is 1. The van der Waals surface area contributed by atoms with Crippen molar-refractivity contribution in [2.24, 2.45) is 5.73 Å². The van der Waals surface area contributed by atoms with E-state index in [2.05, 4.69) is 4.90 Å². The minimum atomic E-state index is -0.891. The zero-order chi connectivity index (χ0) is 22.8. The Bertz CT molecular complexity index is 1330. The largest absolute Gasteiger partial charge is 0.368 e. The van der Waals surface area contributed by atoms with Gasteiger partial charge in [-0.05, 0) is 42.8 Å². The van der Waals surface area contributed by atoms with E-state index in [1.807, 2.05) is 42.2 Å². The SMILES string of the molecule is Cc1cccn2c(=O)c(/C=C(\C#N)C(N)=O)c(N3CCN(c4cccc(Cl)c4)CC3)nc12. The lowest BCUT2D eigenvalue weighted by molar-refractivity contribution is -0.114. The van der Waals surface area contributed by atoms with Gasteiger partial charge in [-0.3, -0.25) is 14.0 Å². The first kappa shape index (κ1) is 21.4. The lowest BCUT2D eigenvalue weighted by Gasteiger charge is -2.37. The normalized spacial score (nSPS) is 14.5. The zero-order valence-corrected chi connectivity index (χ0v) is 18.2. The Morgan fingerprint density at radius 1 is 1.19 bits per heavy atom. The summed E-state index contributed by atoms with van der Waals surface area (Å²) in [7, 11) is 0. The number of aromatic nitrogens is 2. The summed E-state index contributed by atoms with van der Waals surface area (Å²) in [5.74, 6) is -0.456. The van der Waals surface area contributed by atoms with E-state index in [9.17, 15) is 14.9 Å². The number of nitriles is 1. The Morgan fingerprint density at radius 3 is 2.56 bits per heavy atom. The summed E-state index contributed by atoms with van der Waals surface area (Å²) in [5, 5.41) is 9.98. The Balaban J connectivity index is 1.77. The third kappa shape index (κ3) is 4.03. The molecule has 0 atom stereocenters. The van der Waals surface area contributed by atoms with Crippen molar-refractivity contribution in [1.29, 1.82) is 5.26 Å². The number of nitrogens with zero attached hydrogens (tertiary/aromatic N) is 5. The number of piperazine rings is 1. The van der Waals surface area contributed by atoms with Crippen molar-refractivity contribution in [1.82, 2.24) is 9.38 Å². The predicted octanol–water partition coefficient (Wildman–Crippen LogP) is 2.38. The van der Waals surface area contributed by atoms with Crippen LogP contribution in [0.25, 0.3) is 11.7 Å². The highest BCUT2D eigenvalue weighted by Crippen LogP contribution is 2.25. The molecule has 8 nitrogen and oxygen atoms in total. The fraction of sp³-hybridized carbons (Fsp3) is 0.217. The molecule has 9 heteroatoms. The minimum Gasteiger partial charge on any atom is -0.368 e. The Kier molecular flexibility index (Phi) is 5.84. The smallest absolute Gasteiger partial charge is 0.267 e. The summed E-state index contributed by atoms with van der Waals surface area (Å²) in [4.78, 5) is 33.9. The van der Waals surface area contributed by atoms with Gasteiger partial charge in [-0.25, -0.2) is 4.98 Å². The third-order valence-corrected chi connectivity index (χ3v) is 5.73. The van der Waals surface area contributed by atoms with Crippen LogP contribution in [0.5, 0.6) is 0 Å². The second kappa shape index (κ2) is 8.73. The topological polar surface area (TPSA) is 108 Å². The van der Waals surface area contributed by atoms with Crippen LogP contribution in [-0.2, 0) is 4.79 Å². The van der Waals surface area contributed by atoms with Crippen LogP contribution in [0, 0.1) is 18.3 Å². The van der Waals surface area contributed by atoms with Gasteiger partial charge in [0.1, 0.15) is 23.1 Å². The molecular formula is C23H21ClN6O2. The summed E-state index contributed by atoms with van der Waals surface area (Å²) >= 11 is 6.13. The van der Waals surface area contributed by atoms with Crippen molar-refractivity contribution in [2.75, 3.05) is 36.0 Å². The van der Waals surface area contributed by atoms with Gasteiger partial charge < -0.3 is 15.5 Å². The van der Waals surface area contributed by atoms with E-state index in [1.165, 1.54) is 10.5 Å². The van der Waals surface area contributed by atoms with Crippen LogP contribution in [0.3, 0.4) is 0 Å². The van der Waals surface area contributed by atoms with E-state index in [-0.39, 0.29) is 16.7 Å². The quantitative estimate of drug-likeness (QED) is 0.485. The van der Waals surface area contributed by atoms with Crippen LogP contribution in [0.4, 0.5) is 11.5 Å². The maximum absolute atomic E-state index is 13.3. The second-order valence-corrected chi connectivity index (χ2v) is 7.96. The number of amides is 1. The highest BCUT2D eigenvalue weighted by molar-refractivity contribution is 6.30. The number of hydrogen-bond donors (Lipinski definition) is 1. The molecule has 1 amide bonds. The third-order valence-electron chi connectivity index (χ3n) is 5.49. The molecular weight excluding hydrogens is 428 g/mol. The molecule has 4 rings (SSSR count). The highest BCUT2D eigenvalue weighted by Gasteiger charge is 2.24. The van der Waals surface area contributed by atoms with E-state index in [0.717, 1.165) is 11.3 Å². The van der Waals surface area contributed by atoms with Gasteiger partial charge in [-0.1, -0.05) is 23.7 Å². The number of benzene rings is 1. The average Bonchev–Trinajstić information content (AvgIpc) is 2.79. The summed E-state index contributed by atoms with van der Waals surface area (Å²) in [6, 6.07) is 13.1. The number of hydrogen-bond acceptors (Lipinski definition) is 6. The van der Waals surface area contributed by atoms with E-state index in [0.29, 0.717) is 42.7 Å². The summed E-state index contributed by atoms with van der Waals surface area (Å²) in [6.45, 7) is 4.46. The van der Waals surface area contributed by atoms with Crippen molar-refractivity contribution >= 4 is 40.7 Å². The molecule has 32 heavy (non-hydrogen) atoms. The van der Waals surface area contributed by atoms with Gasteiger partial charge >= 0.3 is 0 Å². The van der Waals surface area contributed by atoms with Gasteiger partial charge in [0.25, 0.3) is 11.5 Å². The molecule has 0 saturated carbocycles. The van der Waals surface area contributed by atoms with Crippen molar-refractivity contribution in [3.63, 3.8) is 0 Å². The Labute approximate surface area is 189 Å². The zero-order valence-electron chi connectivity index (χ0n) is 17.5. The number of nitrogens with two attached hydrogens (primary N) is 1. The summed E-state index contributed by atoms with van der Waals surface area (Å²) < 4.78 is 1.42. The van der Waals surface area contributed by atoms with Gasteiger partial charge in [-0.2, -0.15) is 5.26 Å². The van der Waals surface area contributed by atoms with Crippen LogP contribution in [0.1, 0.15) is 11.1 Å². The molecule has 1 aromatic carbocycles. The Hall–Kier alpha value is -3.83. The summed E-state index contributed by atoms with van der Waals surface area (Å²) in [6.07, 6.45) is 2.86. The van der Waals surface area contributed by atoms with Gasteiger partial charge in [0, 0.05) is 43.1 Å². The van der Waals surface area contributed by atoms with E-state index in [1.54, 1.807) is 18.3 Å². The van der Waals surface area contributed by atoms with Crippen molar-refractivity contribution < 1.29 is 4.79 Å². The van der Waals surface area contributed by atoms with E-state index >= 15 is 0 Å². The van der Waals surface area contributed by atoms with Crippen LogP contribution in [0.2, 0.25) is 5.02 Å². The number of pyridine rings is 1. The van der Waals surface area contributed by atoms with Gasteiger partial charge in [0.2, 0.25) is 0 Å². The molecule has 0 unspecified atom stereocenters. The van der Waals surface area contributed by atoms with Gasteiger partial charge in [-0.15, -0.1) is 0 Å². The fourth-order valence-electron chi connectivity index (χ4n) is 3.82. The number of carbonyl (C=O) groups excluding carboxylic acids is 1. The number of carbonyl (C=O) groups is 1. The summed E-state index contributed by atoms with van der Waals surface area (Å²) in [5.41, 5.74) is 7.22. The number of halogens is 1. The molecule has 3 aromatic rings. The molecule has 0 aliphatic carbocycles. The highest BCUT2D eigenvalue weighted by atomic mass is 35.5. The molecule has 0 bridgehead atoms. The first-order chi connectivity index (χ1) is 15.4. The lowest BCUT2D eigenvalue weighted by atomic mass is 10.1. The number of anilines is 2. The molecule has 1 saturated heterocycles. The monoisotopic (exact) mass is 448 g/mol. The number of aryl methyl sites for hydroxylation is 1. The molecule has 2 N–H and O–H groups in total. The fourth-order valence-corrected chi connectivity index (χ4v) is 4.00. The van der Waals surface area contributed by atoms with Crippen LogP contribution in [-0.4, -0.2) is 41.5 Å². The maximum Gasteiger partial charge on any atom is 0.267 e. The van der Waals surface area contributed by atoms with Crippen molar-refractivity contribution in [2.45, 2.75) is 6.92 Å². The van der Waals surface area contributed by atoms with Crippen molar-refractivity contribution in [3.05, 3.63) is 74.7 Å². The van der Waals surface area contributed by atoms with Crippen molar-refractivity contribution in [3.8, 4) is 6.07 Å².